The maximum Gasteiger partial charge on any atom is 0.182 e. The lowest BCUT2D eigenvalue weighted by Crippen LogP contribution is -2.35. The predicted octanol–water partition coefficient (Wildman–Crippen LogP) is 2.40. The number of fused-ring (bicyclic) bond motifs is 1. The molecule has 0 amide bonds. The quantitative estimate of drug-likeness (QED) is 0.800. The number of ether oxygens (including phenoxy) is 1. The van der Waals surface area contributed by atoms with Crippen LogP contribution in [0.25, 0.3) is 11.2 Å². The molecule has 1 saturated heterocycles. The van der Waals surface area contributed by atoms with Crippen LogP contribution in [0.4, 0.5) is 5.82 Å². The van der Waals surface area contributed by atoms with Gasteiger partial charge in [-0.15, -0.1) is 0 Å². The fraction of sp³-hybridized carbons (Fsp3) is 0.312. The second kappa shape index (κ2) is 5.63. The molecule has 6 nitrogen and oxygen atoms in total. The van der Waals surface area contributed by atoms with E-state index >= 15 is 0 Å². The number of rotatable bonds is 4. The molecule has 112 valence electrons. The highest BCUT2D eigenvalue weighted by atomic mass is 16.5. The Morgan fingerprint density at radius 2 is 2.09 bits per heavy atom. The number of hydrogen-bond acceptors (Lipinski definition) is 5. The largest absolute Gasteiger partial charge is 0.491 e. The molecule has 6 heteroatoms. The molecule has 1 aliphatic heterocycles. The molecule has 0 saturated carbocycles. The summed E-state index contributed by atoms with van der Waals surface area (Å²) >= 11 is 0. The van der Waals surface area contributed by atoms with Gasteiger partial charge in [-0.3, -0.25) is 0 Å². The molecule has 1 aliphatic rings. The van der Waals surface area contributed by atoms with Crippen LogP contribution in [0.1, 0.15) is 12.8 Å². The zero-order valence-corrected chi connectivity index (χ0v) is 12.1. The highest BCUT2D eigenvalue weighted by molar-refractivity contribution is 5.82. The van der Waals surface area contributed by atoms with E-state index in [9.17, 15) is 0 Å². The number of hydrogen-bond donors (Lipinski definition) is 1. The third-order valence-electron chi connectivity index (χ3n) is 4.04. The third kappa shape index (κ3) is 2.36. The number of benzene rings is 1. The van der Waals surface area contributed by atoms with E-state index in [4.69, 9.17) is 4.74 Å². The summed E-state index contributed by atoms with van der Waals surface area (Å²) in [5.41, 5.74) is 1.61. The number of imidazole rings is 1. The Kier molecular flexibility index (Phi) is 3.34. The highest BCUT2D eigenvalue weighted by Gasteiger charge is 2.28. The van der Waals surface area contributed by atoms with Crippen molar-refractivity contribution in [2.45, 2.75) is 18.9 Å². The normalized spacial score (nSPS) is 18.0. The zero-order valence-electron chi connectivity index (χ0n) is 12.1. The van der Waals surface area contributed by atoms with Crippen LogP contribution in [0.15, 0.2) is 43.0 Å². The van der Waals surface area contributed by atoms with E-state index in [2.05, 4.69) is 24.8 Å². The minimum Gasteiger partial charge on any atom is -0.491 e. The van der Waals surface area contributed by atoms with Crippen molar-refractivity contribution in [1.29, 1.82) is 0 Å². The van der Waals surface area contributed by atoms with Crippen molar-refractivity contribution >= 4 is 17.0 Å². The molecule has 1 N–H and O–H groups in total. The van der Waals surface area contributed by atoms with E-state index in [-0.39, 0.29) is 0 Å². The van der Waals surface area contributed by atoms with Crippen LogP contribution in [0.2, 0.25) is 0 Å². The Balaban J connectivity index is 1.55. The summed E-state index contributed by atoms with van der Waals surface area (Å²) < 4.78 is 5.92. The number of anilines is 1. The Morgan fingerprint density at radius 3 is 3.00 bits per heavy atom. The van der Waals surface area contributed by atoms with E-state index < -0.39 is 0 Å². The molecule has 3 aromatic rings. The summed E-state index contributed by atoms with van der Waals surface area (Å²) in [4.78, 5) is 18.3. The monoisotopic (exact) mass is 295 g/mol. The Bertz CT molecular complexity index is 757. The first-order valence-electron chi connectivity index (χ1n) is 7.50. The van der Waals surface area contributed by atoms with Crippen molar-refractivity contribution < 1.29 is 4.74 Å². The number of nitrogens with one attached hydrogen (secondary N) is 1. The molecule has 22 heavy (non-hydrogen) atoms. The van der Waals surface area contributed by atoms with Crippen molar-refractivity contribution in [3.63, 3.8) is 0 Å². The third-order valence-corrected chi connectivity index (χ3v) is 4.04. The SMILES string of the molecule is c1ccc(OC[C@@H]2CCCN2c2ncnc3nc[nH]c23)cc1. The minimum atomic E-state index is 0.321. The van der Waals surface area contributed by atoms with Crippen LogP contribution in [0, 0.1) is 0 Å². The van der Waals surface area contributed by atoms with Crippen LogP contribution < -0.4 is 9.64 Å². The molecule has 1 fully saturated rings. The molecule has 0 spiro atoms. The van der Waals surface area contributed by atoms with Gasteiger partial charge in [-0.2, -0.15) is 0 Å². The molecule has 0 bridgehead atoms. The van der Waals surface area contributed by atoms with Gasteiger partial charge in [-0.1, -0.05) is 18.2 Å². The zero-order chi connectivity index (χ0) is 14.8. The maximum atomic E-state index is 5.92. The van der Waals surface area contributed by atoms with E-state index in [0.29, 0.717) is 18.3 Å². The van der Waals surface area contributed by atoms with E-state index in [1.54, 1.807) is 12.7 Å². The Hall–Kier alpha value is -2.63. The fourth-order valence-electron chi connectivity index (χ4n) is 2.97. The fourth-order valence-corrected chi connectivity index (χ4v) is 2.97. The number of para-hydroxylation sites is 1. The molecule has 1 atom stereocenters. The lowest BCUT2D eigenvalue weighted by molar-refractivity contribution is 0.288. The first-order chi connectivity index (χ1) is 10.9. The molecule has 0 aliphatic carbocycles. The standard InChI is InChI=1S/C16H17N5O/c1-2-6-13(7-3-1)22-9-12-5-4-8-21(12)16-14-15(18-10-17-14)19-11-20-16/h1-3,6-7,10-12H,4-5,8-9H2,(H,17,18,19,20)/t12-/m0/s1. The van der Waals surface area contributed by atoms with Gasteiger partial charge in [0.25, 0.3) is 0 Å². The summed E-state index contributed by atoms with van der Waals surface area (Å²) in [6.07, 6.45) is 5.48. The van der Waals surface area contributed by atoms with Crippen LogP contribution in [-0.4, -0.2) is 39.1 Å². The lowest BCUT2D eigenvalue weighted by atomic mass is 10.2. The van der Waals surface area contributed by atoms with Gasteiger partial charge in [0.2, 0.25) is 0 Å². The van der Waals surface area contributed by atoms with Crippen molar-refractivity contribution in [2.75, 3.05) is 18.1 Å². The van der Waals surface area contributed by atoms with Gasteiger partial charge >= 0.3 is 0 Å². The summed E-state index contributed by atoms with van der Waals surface area (Å²) in [6.45, 7) is 1.64. The summed E-state index contributed by atoms with van der Waals surface area (Å²) in [6, 6.07) is 10.3. The first kappa shape index (κ1) is 13.1. The molecule has 4 rings (SSSR count). The average molecular weight is 295 g/mol. The van der Waals surface area contributed by atoms with Crippen LogP contribution in [0.3, 0.4) is 0 Å². The van der Waals surface area contributed by atoms with Crippen molar-refractivity contribution in [1.82, 2.24) is 19.9 Å². The number of H-pyrrole nitrogens is 1. The van der Waals surface area contributed by atoms with Crippen molar-refractivity contribution in [3.05, 3.63) is 43.0 Å². The smallest absolute Gasteiger partial charge is 0.182 e. The maximum absolute atomic E-state index is 5.92. The van der Waals surface area contributed by atoms with Crippen LogP contribution in [-0.2, 0) is 0 Å². The molecule has 2 aromatic heterocycles. The van der Waals surface area contributed by atoms with Gasteiger partial charge in [-0.05, 0) is 25.0 Å². The van der Waals surface area contributed by atoms with Gasteiger partial charge in [0.05, 0.1) is 12.4 Å². The Morgan fingerprint density at radius 1 is 1.18 bits per heavy atom. The van der Waals surface area contributed by atoms with Gasteiger partial charge < -0.3 is 14.6 Å². The molecular formula is C16H17N5O. The van der Waals surface area contributed by atoms with E-state index in [0.717, 1.165) is 36.5 Å². The summed E-state index contributed by atoms with van der Waals surface area (Å²) in [7, 11) is 0. The van der Waals surface area contributed by atoms with Crippen molar-refractivity contribution in [3.8, 4) is 5.75 Å². The number of aromatic amines is 1. The molecule has 1 aromatic carbocycles. The van der Waals surface area contributed by atoms with E-state index in [1.165, 1.54) is 0 Å². The van der Waals surface area contributed by atoms with Gasteiger partial charge in [0.1, 0.15) is 24.2 Å². The molecule has 0 unspecified atom stereocenters. The van der Waals surface area contributed by atoms with Crippen LogP contribution in [0.5, 0.6) is 5.75 Å². The molecule has 0 radical (unpaired) electrons. The number of aromatic nitrogens is 4. The second-order valence-electron chi connectivity index (χ2n) is 5.41. The average Bonchev–Trinajstić information content (AvgIpc) is 3.22. The second-order valence-corrected chi connectivity index (χ2v) is 5.41. The van der Waals surface area contributed by atoms with Crippen LogP contribution >= 0.6 is 0 Å². The molecular weight excluding hydrogens is 278 g/mol. The summed E-state index contributed by atoms with van der Waals surface area (Å²) in [5.74, 6) is 1.82. The first-order valence-corrected chi connectivity index (χ1v) is 7.50. The van der Waals surface area contributed by atoms with Gasteiger partial charge in [0, 0.05) is 6.54 Å². The topological polar surface area (TPSA) is 66.9 Å². The highest BCUT2D eigenvalue weighted by Crippen LogP contribution is 2.28. The predicted molar refractivity (Wildman–Crippen MR) is 84.0 cm³/mol. The Labute approximate surface area is 128 Å². The van der Waals surface area contributed by atoms with Gasteiger partial charge in [-0.25, -0.2) is 15.0 Å². The minimum absolute atomic E-state index is 0.321. The lowest BCUT2D eigenvalue weighted by Gasteiger charge is -2.25. The number of nitrogens with zero attached hydrogens (tertiary/aromatic N) is 4. The molecule has 3 heterocycles. The van der Waals surface area contributed by atoms with Crippen molar-refractivity contribution in [2.24, 2.45) is 0 Å². The summed E-state index contributed by atoms with van der Waals surface area (Å²) in [5, 5.41) is 0. The van der Waals surface area contributed by atoms with E-state index in [1.807, 2.05) is 30.3 Å². The van der Waals surface area contributed by atoms with Gasteiger partial charge in [0.15, 0.2) is 11.5 Å².